The number of carbonyl (C=O) groups is 2. The van der Waals surface area contributed by atoms with Gasteiger partial charge < -0.3 is 10.0 Å². The molecule has 1 N–H and O–H groups in total. The number of benzene rings is 1. The second kappa shape index (κ2) is 10.2. The molecule has 1 fully saturated rings. The number of anilines is 1. The number of rotatable bonds is 10. The Morgan fingerprint density at radius 1 is 1.38 bits per heavy atom. The Labute approximate surface area is 178 Å². The molecule has 0 spiro atoms. The smallest absolute Gasteiger partial charge is 0.355 e. The number of nitrogens with zero attached hydrogens (tertiary/aromatic N) is 2. The SMILES string of the molecule is CCCCCC(F)c1ccc(N2C(=O)CC[C@@H]2CSc2nc(C(=O)O)cs2)cc1. The quantitative estimate of drug-likeness (QED) is 0.381. The fourth-order valence-electron chi connectivity index (χ4n) is 3.43. The van der Waals surface area contributed by atoms with E-state index in [1.54, 1.807) is 17.0 Å². The molecule has 2 atom stereocenters. The molecule has 1 saturated heterocycles. The van der Waals surface area contributed by atoms with Gasteiger partial charge in [0.1, 0.15) is 6.17 Å². The number of thiazole rings is 1. The van der Waals surface area contributed by atoms with E-state index in [0.29, 0.717) is 28.5 Å². The van der Waals surface area contributed by atoms with Crippen molar-refractivity contribution in [2.45, 2.75) is 62.0 Å². The summed E-state index contributed by atoms with van der Waals surface area (Å²) in [5.41, 5.74) is 1.49. The molecule has 1 amide bonds. The number of unbranched alkanes of at least 4 members (excludes halogenated alkanes) is 2. The van der Waals surface area contributed by atoms with Gasteiger partial charge in [0, 0.05) is 29.3 Å². The van der Waals surface area contributed by atoms with Gasteiger partial charge in [-0.05, 0) is 30.5 Å². The molecule has 1 unspecified atom stereocenters. The van der Waals surface area contributed by atoms with Crippen molar-refractivity contribution in [2.75, 3.05) is 10.7 Å². The van der Waals surface area contributed by atoms with Crippen LogP contribution in [0.15, 0.2) is 34.0 Å². The van der Waals surface area contributed by atoms with E-state index < -0.39 is 12.1 Å². The topological polar surface area (TPSA) is 70.5 Å². The van der Waals surface area contributed by atoms with Crippen LogP contribution in [0.4, 0.5) is 10.1 Å². The Balaban J connectivity index is 1.62. The lowest BCUT2D eigenvalue weighted by atomic mass is 10.0. The predicted molar refractivity (Wildman–Crippen MR) is 115 cm³/mol. The lowest BCUT2D eigenvalue weighted by Crippen LogP contribution is -2.34. The number of thioether (sulfide) groups is 1. The standard InChI is InChI=1S/C21H25FN2O3S2/c1-2-3-4-5-17(22)14-6-8-15(9-7-14)24-16(10-11-19(24)25)12-28-21-23-18(13-29-21)20(26)27/h6-9,13,16-17H,2-5,10-12H2,1H3,(H,26,27)/t16-,17?/m1/s1. The number of carboxylic acids is 1. The lowest BCUT2D eigenvalue weighted by molar-refractivity contribution is -0.117. The van der Waals surface area contributed by atoms with Crippen molar-refractivity contribution in [2.24, 2.45) is 0 Å². The molecular weight excluding hydrogens is 411 g/mol. The van der Waals surface area contributed by atoms with Crippen LogP contribution in [0.5, 0.6) is 0 Å². The van der Waals surface area contributed by atoms with Gasteiger partial charge in [0.2, 0.25) is 5.91 Å². The summed E-state index contributed by atoms with van der Waals surface area (Å²) in [5.74, 6) is -0.330. The highest BCUT2D eigenvalue weighted by molar-refractivity contribution is 8.01. The third-order valence-corrected chi connectivity index (χ3v) is 7.19. The summed E-state index contributed by atoms with van der Waals surface area (Å²) in [6, 6.07) is 7.23. The van der Waals surface area contributed by atoms with Crippen LogP contribution < -0.4 is 4.90 Å². The zero-order valence-electron chi connectivity index (χ0n) is 16.3. The number of carbonyl (C=O) groups excluding carboxylic acids is 1. The van der Waals surface area contributed by atoms with Gasteiger partial charge in [0.05, 0.1) is 0 Å². The van der Waals surface area contributed by atoms with Crippen LogP contribution in [0.25, 0.3) is 0 Å². The highest BCUT2D eigenvalue weighted by Gasteiger charge is 2.32. The maximum Gasteiger partial charge on any atom is 0.355 e. The second-order valence-corrected chi connectivity index (χ2v) is 9.25. The summed E-state index contributed by atoms with van der Waals surface area (Å²) >= 11 is 2.76. The van der Waals surface area contributed by atoms with E-state index in [9.17, 15) is 14.0 Å². The van der Waals surface area contributed by atoms with Gasteiger partial charge >= 0.3 is 5.97 Å². The molecular formula is C21H25FN2O3S2. The average Bonchev–Trinajstić information content (AvgIpc) is 3.33. The fraction of sp³-hybridized carbons (Fsp3) is 0.476. The molecule has 1 aromatic heterocycles. The molecule has 3 rings (SSSR count). The van der Waals surface area contributed by atoms with Gasteiger partial charge in [-0.15, -0.1) is 11.3 Å². The van der Waals surface area contributed by atoms with Crippen LogP contribution in [0.3, 0.4) is 0 Å². The van der Waals surface area contributed by atoms with Crippen LogP contribution in [-0.4, -0.2) is 33.8 Å². The van der Waals surface area contributed by atoms with Gasteiger partial charge in [-0.25, -0.2) is 14.2 Å². The van der Waals surface area contributed by atoms with Crippen molar-refractivity contribution < 1.29 is 19.1 Å². The molecule has 5 nitrogen and oxygen atoms in total. The first-order valence-corrected chi connectivity index (χ1v) is 11.7. The van der Waals surface area contributed by atoms with E-state index in [4.69, 9.17) is 5.11 Å². The number of carboxylic acid groups (broad SMARTS) is 1. The van der Waals surface area contributed by atoms with Gasteiger partial charge in [-0.3, -0.25) is 4.79 Å². The van der Waals surface area contributed by atoms with Crippen molar-refractivity contribution in [1.82, 2.24) is 4.98 Å². The summed E-state index contributed by atoms with van der Waals surface area (Å²) in [7, 11) is 0. The maximum absolute atomic E-state index is 14.4. The van der Waals surface area contributed by atoms with Crippen LogP contribution in [-0.2, 0) is 4.79 Å². The average molecular weight is 437 g/mol. The molecule has 2 heterocycles. The van der Waals surface area contributed by atoms with Crippen LogP contribution >= 0.6 is 23.1 Å². The lowest BCUT2D eigenvalue weighted by Gasteiger charge is -2.25. The Bertz CT molecular complexity index is 841. The molecule has 1 aliphatic heterocycles. The van der Waals surface area contributed by atoms with Gasteiger partial charge in [-0.1, -0.05) is 50.1 Å². The zero-order chi connectivity index (χ0) is 20.8. The van der Waals surface area contributed by atoms with E-state index in [-0.39, 0.29) is 17.6 Å². The molecule has 2 aromatic rings. The van der Waals surface area contributed by atoms with Crippen LogP contribution in [0.1, 0.15) is 67.7 Å². The van der Waals surface area contributed by atoms with E-state index in [1.165, 1.54) is 28.5 Å². The third kappa shape index (κ3) is 5.57. The third-order valence-electron chi connectivity index (χ3n) is 5.02. The molecule has 0 bridgehead atoms. The first-order valence-electron chi connectivity index (χ1n) is 9.87. The number of halogens is 1. The number of amides is 1. The summed E-state index contributed by atoms with van der Waals surface area (Å²) in [6.45, 7) is 2.10. The molecule has 0 aliphatic carbocycles. The first kappa shape index (κ1) is 21.8. The Kier molecular flexibility index (Phi) is 7.66. The van der Waals surface area contributed by atoms with E-state index in [0.717, 1.165) is 31.4 Å². The second-order valence-electron chi connectivity index (χ2n) is 7.13. The van der Waals surface area contributed by atoms with Gasteiger partial charge in [-0.2, -0.15) is 0 Å². The molecule has 156 valence electrons. The van der Waals surface area contributed by atoms with E-state index in [1.807, 2.05) is 12.1 Å². The minimum Gasteiger partial charge on any atom is -0.476 e. The summed E-state index contributed by atoms with van der Waals surface area (Å²) in [4.78, 5) is 29.3. The molecule has 1 aliphatic rings. The van der Waals surface area contributed by atoms with Crippen molar-refractivity contribution in [1.29, 1.82) is 0 Å². The molecule has 0 saturated carbocycles. The highest BCUT2D eigenvalue weighted by atomic mass is 32.2. The van der Waals surface area contributed by atoms with Gasteiger partial charge in [0.25, 0.3) is 0 Å². The summed E-state index contributed by atoms with van der Waals surface area (Å²) in [5, 5.41) is 10.5. The van der Waals surface area contributed by atoms with Crippen molar-refractivity contribution in [3.63, 3.8) is 0 Å². The Morgan fingerprint density at radius 3 is 2.79 bits per heavy atom. The van der Waals surface area contributed by atoms with E-state index >= 15 is 0 Å². The number of aromatic nitrogens is 1. The Hall–Kier alpha value is -1.93. The van der Waals surface area contributed by atoms with Crippen LogP contribution in [0.2, 0.25) is 0 Å². The summed E-state index contributed by atoms with van der Waals surface area (Å²) in [6.07, 6.45) is 3.77. The zero-order valence-corrected chi connectivity index (χ0v) is 18.0. The number of aromatic carboxylic acids is 1. The van der Waals surface area contributed by atoms with Crippen molar-refractivity contribution in [3.05, 3.63) is 40.9 Å². The van der Waals surface area contributed by atoms with Crippen molar-refractivity contribution in [3.8, 4) is 0 Å². The maximum atomic E-state index is 14.4. The molecule has 1 aromatic carbocycles. The van der Waals surface area contributed by atoms with Crippen molar-refractivity contribution >= 4 is 40.7 Å². The molecule has 0 radical (unpaired) electrons. The monoisotopic (exact) mass is 436 g/mol. The first-order chi connectivity index (χ1) is 14.0. The number of alkyl halides is 1. The number of hydrogen-bond donors (Lipinski definition) is 1. The summed E-state index contributed by atoms with van der Waals surface area (Å²) < 4.78 is 15.0. The fourth-order valence-corrected chi connectivity index (χ4v) is 5.38. The molecule has 8 heteroatoms. The highest BCUT2D eigenvalue weighted by Crippen LogP contribution is 2.33. The van der Waals surface area contributed by atoms with Gasteiger partial charge in [0.15, 0.2) is 10.0 Å². The number of hydrogen-bond acceptors (Lipinski definition) is 5. The minimum absolute atomic E-state index is 0.0151. The normalized spacial score (nSPS) is 17.7. The predicted octanol–water partition coefficient (Wildman–Crippen LogP) is 5.72. The van der Waals surface area contributed by atoms with E-state index in [2.05, 4.69) is 11.9 Å². The Morgan fingerprint density at radius 2 is 2.14 bits per heavy atom. The minimum atomic E-state index is -1.04. The van der Waals surface area contributed by atoms with Crippen LogP contribution in [0, 0.1) is 0 Å². The molecule has 29 heavy (non-hydrogen) atoms. The largest absolute Gasteiger partial charge is 0.476 e.